The molecule has 3 nitrogen and oxygen atoms in total. The maximum absolute atomic E-state index is 5.98. The number of ether oxygens (including phenoxy) is 1. The zero-order valence-electron chi connectivity index (χ0n) is 11.4. The zero-order chi connectivity index (χ0) is 14.7. The van der Waals surface area contributed by atoms with E-state index in [2.05, 4.69) is 20.9 Å². The van der Waals surface area contributed by atoms with Gasteiger partial charge >= 0.3 is 0 Å². The van der Waals surface area contributed by atoms with Gasteiger partial charge in [-0.1, -0.05) is 40.2 Å². The van der Waals surface area contributed by atoms with E-state index in [0.29, 0.717) is 13.2 Å². The third-order valence-electron chi connectivity index (χ3n) is 3.36. The molecule has 0 aliphatic carbocycles. The van der Waals surface area contributed by atoms with Crippen molar-refractivity contribution in [1.82, 2.24) is 4.98 Å². The number of nitrogens with two attached hydrogens (primary N) is 1. The van der Waals surface area contributed by atoms with Gasteiger partial charge in [-0.15, -0.1) is 0 Å². The van der Waals surface area contributed by atoms with Crippen LogP contribution < -0.4 is 5.73 Å². The molecule has 106 valence electrons. The molecule has 0 unspecified atom stereocenters. The minimum absolute atomic E-state index is 0.509. The smallest absolute Gasteiger partial charge is 0.0777 e. The average Bonchev–Trinajstić information content (AvgIpc) is 2.52. The van der Waals surface area contributed by atoms with Gasteiger partial charge in [0.2, 0.25) is 0 Å². The quantitative estimate of drug-likeness (QED) is 0.719. The summed E-state index contributed by atoms with van der Waals surface area (Å²) in [5, 5.41) is 0.972. The van der Waals surface area contributed by atoms with Crippen LogP contribution in [0, 0.1) is 0 Å². The fourth-order valence-electron chi connectivity index (χ4n) is 2.26. The van der Waals surface area contributed by atoms with Gasteiger partial charge in [0.1, 0.15) is 0 Å². The number of nitrogen functional groups attached to an aromatic ring is 1. The molecule has 0 aliphatic heterocycles. The Morgan fingerprint density at radius 2 is 1.76 bits per heavy atom. The Kier molecular flexibility index (Phi) is 4.18. The van der Waals surface area contributed by atoms with Crippen LogP contribution in [0.25, 0.3) is 10.9 Å². The number of hydrogen-bond donors (Lipinski definition) is 1. The van der Waals surface area contributed by atoms with Gasteiger partial charge in [0.25, 0.3) is 0 Å². The van der Waals surface area contributed by atoms with Crippen LogP contribution in [-0.2, 0) is 18.0 Å². The Morgan fingerprint density at radius 3 is 2.62 bits per heavy atom. The van der Waals surface area contributed by atoms with E-state index in [0.717, 1.165) is 32.2 Å². The van der Waals surface area contributed by atoms with Crippen molar-refractivity contribution in [3.8, 4) is 0 Å². The molecular formula is C17H15BrN2O. The first-order valence-electron chi connectivity index (χ1n) is 6.69. The van der Waals surface area contributed by atoms with Crippen LogP contribution in [0.15, 0.2) is 59.2 Å². The summed E-state index contributed by atoms with van der Waals surface area (Å²) < 4.78 is 6.88. The number of aromatic nitrogens is 1. The van der Waals surface area contributed by atoms with Crippen molar-refractivity contribution in [3.05, 3.63) is 70.3 Å². The highest BCUT2D eigenvalue weighted by Gasteiger charge is 2.06. The predicted octanol–water partition coefficient (Wildman–Crippen LogP) is 4.30. The molecule has 0 saturated carbocycles. The molecule has 0 amide bonds. The highest BCUT2D eigenvalue weighted by Crippen LogP contribution is 2.24. The van der Waals surface area contributed by atoms with Gasteiger partial charge in [0, 0.05) is 27.3 Å². The SMILES string of the molecule is Nc1ccc(COCc2ccccc2Br)c2ncccc12. The summed E-state index contributed by atoms with van der Waals surface area (Å²) in [4.78, 5) is 4.42. The monoisotopic (exact) mass is 342 g/mol. The first-order chi connectivity index (χ1) is 10.3. The molecule has 0 radical (unpaired) electrons. The first kappa shape index (κ1) is 14.0. The summed E-state index contributed by atoms with van der Waals surface area (Å²) in [6.07, 6.45) is 1.78. The van der Waals surface area contributed by atoms with E-state index in [1.54, 1.807) is 6.20 Å². The van der Waals surface area contributed by atoms with Crippen molar-refractivity contribution >= 4 is 32.5 Å². The number of rotatable bonds is 4. The molecule has 21 heavy (non-hydrogen) atoms. The van der Waals surface area contributed by atoms with Gasteiger partial charge in [-0.25, -0.2) is 0 Å². The Labute approximate surface area is 131 Å². The van der Waals surface area contributed by atoms with Crippen LogP contribution in [0.3, 0.4) is 0 Å². The molecule has 2 aromatic carbocycles. The molecule has 0 saturated heterocycles. The van der Waals surface area contributed by atoms with Gasteiger partial charge in [-0.05, 0) is 29.8 Å². The molecule has 3 aromatic rings. The molecule has 4 heteroatoms. The van der Waals surface area contributed by atoms with Crippen molar-refractivity contribution in [2.24, 2.45) is 0 Å². The topological polar surface area (TPSA) is 48.1 Å². The zero-order valence-corrected chi connectivity index (χ0v) is 13.0. The number of hydrogen-bond acceptors (Lipinski definition) is 3. The molecule has 0 fully saturated rings. The first-order valence-corrected chi connectivity index (χ1v) is 7.48. The van der Waals surface area contributed by atoms with E-state index in [4.69, 9.17) is 10.5 Å². The van der Waals surface area contributed by atoms with E-state index >= 15 is 0 Å². The highest BCUT2D eigenvalue weighted by atomic mass is 79.9. The highest BCUT2D eigenvalue weighted by molar-refractivity contribution is 9.10. The van der Waals surface area contributed by atoms with Crippen LogP contribution >= 0.6 is 15.9 Å². The summed E-state index contributed by atoms with van der Waals surface area (Å²) in [5.41, 5.74) is 9.81. The maximum atomic E-state index is 5.98. The summed E-state index contributed by atoms with van der Waals surface area (Å²) in [6, 6.07) is 15.8. The Hall–Kier alpha value is -1.91. The summed E-state index contributed by atoms with van der Waals surface area (Å²) in [5.74, 6) is 0. The van der Waals surface area contributed by atoms with Crippen molar-refractivity contribution < 1.29 is 4.74 Å². The van der Waals surface area contributed by atoms with Gasteiger partial charge in [-0.2, -0.15) is 0 Å². The number of anilines is 1. The van der Waals surface area contributed by atoms with Gasteiger partial charge in [-0.3, -0.25) is 4.98 Å². The van der Waals surface area contributed by atoms with E-state index in [1.165, 1.54) is 0 Å². The van der Waals surface area contributed by atoms with Crippen LogP contribution in [0.5, 0.6) is 0 Å². The van der Waals surface area contributed by atoms with Crippen LogP contribution in [-0.4, -0.2) is 4.98 Å². The van der Waals surface area contributed by atoms with E-state index in [9.17, 15) is 0 Å². The average molecular weight is 343 g/mol. The lowest BCUT2D eigenvalue weighted by atomic mass is 10.1. The Bertz CT molecular complexity index is 774. The van der Waals surface area contributed by atoms with Gasteiger partial charge < -0.3 is 10.5 Å². The van der Waals surface area contributed by atoms with E-state index < -0.39 is 0 Å². The fraction of sp³-hybridized carbons (Fsp3) is 0.118. The van der Waals surface area contributed by atoms with Crippen LogP contribution in [0.1, 0.15) is 11.1 Å². The Morgan fingerprint density at radius 1 is 0.952 bits per heavy atom. The largest absolute Gasteiger partial charge is 0.398 e. The van der Waals surface area contributed by atoms with Crippen molar-refractivity contribution in [1.29, 1.82) is 0 Å². The molecule has 2 N–H and O–H groups in total. The summed E-state index contributed by atoms with van der Waals surface area (Å²) >= 11 is 3.52. The lowest BCUT2D eigenvalue weighted by molar-refractivity contribution is 0.107. The fourth-order valence-corrected chi connectivity index (χ4v) is 2.66. The number of pyridine rings is 1. The van der Waals surface area contributed by atoms with Crippen LogP contribution in [0.2, 0.25) is 0 Å². The third-order valence-corrected chi connectivity index (χ3v) is 4.13. The lowest BCUT2D eigenvalue weighted by Gasteiger charge is -2.09. The second kappa shape index (κ2) is 6.24. The van der Waals surface area contributed by atoms with E-state index in [-0.39, 0.29) is 0 Å². The number of halogens is 1. The number of nitrogens with zero attached hydrogens (tertiary/aromatic N) is 1. The van der Waals surface area contributed by atoms with Crippen molar-refractivity contribution in [3.63, 3.8) is 0 Å². The molecular weight excluding hydrogens is 328 g/mol. The number of fused-ring (bicyclic) bond motifs is 1. The normalized spacial score (nSPS) is 10.9. The van der Waals surface area contributed by atoms with Crippen LogP contribution in [0.4, 0.5) is 5.69 Å². The molecule has 0 spiro atoms. The summed E-state index contributed by atoms with van der Waals surface area (Å²) in [6.45, 7) is 1.06. The van der Waals surface area contributed by atoms with Crippen molar-refractivity contribution in [2.75, 3.05) is 5.73 Å². The molecule has 1 heterocycles. The second-order valence-corrected chi connectivity index (χ2v) is 5.65. The molecule has 0 atom stereocenters. The summed E-state index contributed by atoms with van der Waals surface area (Å²) in [7, 11) is 0. The molecule has 3 rings (SSSR count). The molecule has 0 aliphatic rings. The lowest BCUT2D eigenvalue weighted by Crippen LogP contribution is -1.98. The maximum Gasteiger partial charge on any atom is 0.0777 e. The number of benzene rings is 2. The van der Waals surface area contributed by atoms with Crippen molar-refractivity contribution in [2.45, 2.75) is 13.2 Å². The standard InChI is InChI=1S/C17H15BrN2O/c18-15-6-2-1-4-12(15)10-21-11-13-7-8-16(19)14-5-3-9-20-17(13)14/h1-9H,10-11,19H2. The third kappa shape index (κ3) is 3.06. The van der Waals surface area contributed by atoms with Gasteiger partial charge in [0.05, 0.1) is 18.7 Å². The predicted molar refractivity (Wildman–Crippen MR) is 88.8 cm³/mol. The molecule has 1 aromatic heterocycles. The minimum Gasteiger partial charge on any atom is -0.398 e. The van der Waals surface area contributed by atoms with Gasteiger partial charge in [0.15, 0.2) is 0 Å². The Balaban J connectivity index is 1.77. The minimum atomic E-state index is 0.509. The second-order valence-electron chi connectivity index (χ2n) is 4.80. The molecule has 0 bridgehead atoms. The van der Waals surface area contributed by atoms with E-state index in [1.807, 2.05) is 48.5 Å².